The van der Waals surface area contributed by atoms with Crippen LogP contribution in [0, 0.1) is 0 Å². The molecule has 0 aromatic rings. The lowest BCUT2D eigenvalue weighted by Crippen LogP contribution is -2.60. The van der Waals surface area contributed by atoms with Gasteiger partial charge in [0.1, 0.15) is 18.3 Å². The van der Waals surface area contributed by atoms with E-state index in [1.165, 1.54) is 4.72 Å². The number of nitrogens with one attached hydrogen (secondary N) is 1. The summed E-state index contributed by atoms with van der Waals surface area (Å²) in [4.78, 5) is 0. The first kappa shape index (κ1) is 16.7. The van der Waals surface area contributed by atoms with Crippen molar-refractivity contribution in [2.24, 2.45) is 0 Å². The molecule has 1 heterocycles. The van der Waals surface area contributed by atoms with Gasteiger partial charge in [-0.3, -0.25) is 4.18 Å². The van der Waals surface area contributed by atoms with E-state index in [0.29, 0.717) is 0 Å². The number of aliphatic hydroxyl groups excluding tert-OH is 2. The van der Waals surface area contributed by atoms with Gasteiger partial charge in [-0.15, -0.1) is 0 Å². The zero-order valence-electron chi connectivity index (χ0n) is 9.20. The molecule has 13 heteroatoms. The molecule has 0 bridgehead atoms. The van der Waals surface area contributed by atoms with E-state index in [0.717, 1.165) is 0 Å². The Morgan fingerprint density at radius 2 is 1.79 bits per heavy atom. The van der Waals surface area contributed by atoms with Crippen LogP contribution in [0.4, 0.5) is 0 Å². The fourth-order valence-corrected chi connectivity index (χ4v) is 2.35. The number of ether oxygens (including phenoxy) is 1. The van der Waals surface area contributed by atoms with E-state index >= 15 is 0 Å². The molecule has 1 aliphatic heterocycles. The van der Waals surface area contributed by atoms with Crippen LogP contribution in [0.3, 0.4) is 0 Å². The van der Waals surface area contributed by atoms with E-state index in [2.05, 4.69) is 4.18 Å². The second-order valence-electron chi connectivity index (χ2n) is 3.72. The average Bonchev–Trinajstić information content (AvgIpc) is 2.21. The highest BCUT2D eigenvalue weighted by Crippen LogP contribution is 2.17. The first-order valence-electron chi connectivity index (χ1n) is 4.81. The second-order valence-corrected chi connectivity index (χ2v) is 5.92. The normalized spacial score (nSPS) is 33.3. The standard InChI is InChI=1S/C6H13NO10S2/c8-5-3(7-18(10,11)12)1-16-4(6(5)9)2-17-19(13,14)15/h3-9H,1-2H2,(H,10,11,12)(H,13,14,15)/p-2/t3?,4?,5-,6+/m0/s1. The molecular weight excluding hydrogens is 310 g/mol. The zero-order chi connectivity index (χ0) is 14.8. The van der Waals surface area contributed by atoms with Crippen molar-refractivity contribution in [1.29, 1.82) is 0 Å². The van der Waals surface area contributed by atoms with Crippen molar-refractivity contribution in [3.05, 3.63) is 0 Å². The summed E-state index contributed by atoms with van der Waals surface area (Å²) in [7, 11) is -9.85. The minimum absolute atomic E-state index is 0.507. The van der Waals surface area contributed by atoms with Gasteiger partial charge < -0.3 is 24.1 Å². The number of hydrogen-bond acceptors (Lipinski definition) is 10. The highest BCUT2D eigenvalue weighted by molar-refractivity contribution is 7.83. The van der Waals surface area contributed by atoms with Crippen LogP contribution in [0.25, 0.3) is 0 Å². The van der Waals surface area contributed by atoms with Crippen molar-refractivity contribution in [2.45, 2.75) is 24.4 Å². The van der Waals surface area contributed by atoms with Gasteiger partial charge >= 0.3 is 0 Å². The van der Waals surface area contributed by atoms with E-state index in [1.54, 1.807) is 0 Å². The smallest absolute Gasteiger partial charge is 0.217 e. The van der Waals surface area contributed by atoms with Gasteiger partial charge in [0.15, 0.2) is 10.3 Å². The largest absolute Gasteiger partial charge is 0.735 e. The van der Waals surface area contributed by atoms with Crippen LogP contribution in [0.15, 0.2) is 0 Å². The molecular formula is C6H11NO10S2-2. The maximum atomic E-state index is 10.4. The summed E-state index contributed by atoms with van der Waals surface area (Å²) in [5.74, 6) is 0. The summed E-state index contributed by atoms with van der Waals surface area (Å²) in [5, 5.41) is 19.0. The molecule has 0 radical (unpaired) electrons. The van der Waals surface area contributed by atoms with Crippen LogP contribution in [0.1, 0.15) is 0 Å². The zero-order valence-corrected chi connectivity index (χ0v) is 10.8. The van der Waals surface area contributed by atoms with E-state index in [-0.39, 0.29) is 0 Å². The monoisotopic (exact) mass is 321 g/mol. The molecule has 0 amide bonds. The Morgan fingerprint density at radius 1 is 1.21 bits per heavy atom. The predicted octanol–water partition coefficient (Wildman–Crippen LogP) is -4.00. The van der Waals surface area contributed by atoms with Gasteiger partial charge in [-0.05, 0) is 0 Å². The molecule has 1 fully saturated rings. The van der Waals surface area contributed by atoms with Crippen molar-refractivity contribution in [2.75, 3.05) is 13.2 Å². The molecule has 4 atom stereocenters. The molecule has 1 aliphatic rings. The first-order chi connectivity index (χ1) is 8.49. The summed E-state index contributed by atoms with van der Waals surface area (Å²) in [6, 6.07) is -1.39. The average molecular weight is 321 g/mol. The van der Waals surface area contributed by atoms with E-state index in [9.17, 15) is 36.2 Å². The molecule has 0 saturated carbocycles. The van der Waals surface area contributed by atoms with Gasteiger partial charge in [0.05, 0.1) is 19.3 Å². The van der Waals surface area contributed by atoms with Crippen LogP contribution in [0.2, 0.25) is 0 Å². The molecule has 0 aromatic heterocycles. The van der Waals surface area contributed by atoms with Gasteiger partial charge in [0, 0.05) is 0 Å². The van der Waals surface area contributed by atoms with Gasteiger partial charge in [0.2, 0.25) is 10.4 Å². The number of aliphatic hydroxyl groups is 2. The predicted molar refractivity (Wildman–Crippen MR) is 54.0 cm³/mol. The quantitative estimate of drug-likeness (QED) is 0.333. The van der Waals surface area contributed by atoms with Crippen molar-refractivity contribution in [3.63, 3.8) is 0 Å². The Balaban J connectivity index is 2.62. The Labute approximate surface area is 109 Å². The Bertz CT molecular complexity index is 498. The fraction of sp³-hybridized carbons (Fsp3) is 1.00. The second kappa shape index (κ2) is 5.94. The SMILES string of the molecule is O=S(=O)([O-])NC1COC(COS(=O)(=O)[O-])[C@@H](O)[C@H]1O. The molecule has 114 valence electrons. The van der Waals surface area contributed by atoms with Gasteiger partial charge in [0.25, 0.3) is 0 Å². The van der Waals surface area contributed by atoms with E-state index < -0.39 is 58.3 Å². The molecule has 0 aliphatic carbocycles. The summed E-state index contributed by atoms with van der Waals surface area (Å²) in [6.07, 6.45) is -4.82. The maximum Gasteiger partial charge on any atom is 0.217 e. The van der Waals surface area contributed by atoms with Gasteiger partial charge in [-0.2, -0.15) is 0 Å². The van der Waals surface area contributed by atoms with Crippen molar-refractivity contribution >= 4 is 20.7 Å². The summed E-state index contributed by atoms with van der Waals surface area (Å²) in [6.45, 7) is -1.35. The third-order valence-electron chi connectivity index (χ3n) is 2.31. The number of rotatable bonds is 5. The highest BCUT2D eigenvalue weighted by atomic mass is 32.3. The lowest BCUT2D eigenvalue weighted by atomic mass is 9.99. The van der Waals surface area contributed by atoms with Gasteiger partial charge in [-0.1, -0.05) is 0 Å². The van der Waals surface area contributed by atoms with Gasteiger partial charge in [-0.25, -0.2) is 21.6 Å². The van der Waals surface area contributed by atoms with Crippen molar-refractivity contribution in [1.82, 2.24) is 4.72 Å². The summed E-state index contributed by atoms with van der Waals surface area (Å²) in [5.41, 5.74) is 0. The molecule has 1 saturated heterocycles. The van der Waals surface area contributed by atoms with E-state index in [4.69, 9.17) is 4.74 Å². The molecule has 11 nitrogen and oxygen atoms in total. The minimum Gasteiger partial charge on any atom is -0.735 e. The Hall–Kier alpha value is -0.380. The van der Waals surface area contributed by atoms with Crippen LogP contribution < -0.4 is 4.72 Å². The van der Waals surface area contributed by atoms with Crippen LogP contribution in [-0.2, 0) is 29.6 Å². The lowest BCUT2D eigenvalue weighted by Gasteiger charge is -2.38. The first-order valence-corrected chi connectivity index (χ1v) is 7.55. The fourth-order valence-electron chi connectivity index (χ4n) is 1.47. The van der Waals surface area contributed by atoms with Crippen molar-refractivity contribution in [3.8, 4) is 0 Å². The van der Waals surface area contributed by atoms with Crippen LogP contribution in [-0.4, -0.2) is 73.7 Å². The van der Waals surface area contributed by atoms with Crippen LogP contribution in [0.5, 0.6) is 0 Å². The molecule has 3 N–H and O–H groups in total. The molecule has 19 heavy (non-hydrogen) atoms. The van der Waals surface area contributed by atoms with E-state index in [1.807, 2.05) is 0 Å². The molecule has 0 aromatic carbocycles. The highest BCUT2D eigenvalue weighted by Gasteiger charge is 2.39. The summed E-state index contributed by atoms with van der Waals surface area (Å²) >= 11 is 0. The maximum absolute atomic E-state index is 10.4. The molecule has 0 spiro atoms. The third kappa shape index (κ3) is 5.64. The number of hydrogen-bond donors (Lipinski definition) is 3. The lowest BCUT2D eigenvalue weighted by molar-refractivity contribution is -0.156. The minimum atomic E-state index is -4.99. The third-order valence-corrected chi connectivity index (χ3v) is 3.32. The Morgan fingerprint density at radius 3 is 2.26 bits per heavy atom. The molecule has 2 unspecified atom stereocenters. The van der Waals surface area contributed by atoms with Crippen LogP contribution >= 0.6 is 0 Å². The Kier molecular flexibility index (Phi) is 5.21. The molecule has 1 rings (SSSR count). The van der Waals surface area contributed by atoms with Crippen molar-refractivity contribution < 1.29 is 45.1 Å². The summed E-state index contributed by atoms with van der Waals surface area (Å²) < 4.78 is 72.0. The topological polar surface area (TPSA) is 185 Å².